The van der Waals surface area contributed by atoms with E-state index in [1.165, 1.54) is 4.90 Å². The molecule has 3 rings (SSSR count). The topological polar surface area (TPSA) is 86.7 Å². The highest BCUT2D eigenvalue weighted by Crippen LogP contribution is 2.48. The van der Waals surface area contributed by atoms with E-state index in [-0.39, 0.29) is 30.5 Å². The Kier molecular flexibility index (Phi) is 4.45. The molecule has 2 fully saturated rings. The molecule has 2 aliphatic rings. The largest absolute Gasteiger partial charge is 0.481 e. The summed E-state index contributed by atoms with van der Waals surface area (Å²) in [7, 11) is 0. The van der Waals surface area contributed by atoms with Crippen molar-refractivity contribution < 1.29 is 28.3 Å². The van der Waals surface area contributed by atoms with Gasteiger partial charge >= 0.3 is 5.97 Å². The predicted molar refractivity (Wildman–Crippen MR) is 82.7 cm³/mol. The predicted octanol–water partition coefficient (Wildman–Crippen LogP) is 1.41. The Hall–Kier alpha value is -2.51. The number of rotatable bonds is 4. The second-order valence-electron chi connectivity index (χ2n) is 6.64. The Morgan fingerprint density at radius 2 is 2.04 bits per heavy atom. The molecule has 1 aliphatic heterocycles. The molecule has 0 spiro atoms. The second kappa shape index (κ2) is 6.42. The Morgan fingerprint density at radius 3 is 2.68 bits per heavy atom. The van der Waals surface area contributed by atoms with E-state index in [1.807, 2.05) is 0 Å². The van der Waals surface area contributed by atoms with Crippen LogP contribution in [0.15, 0.2) is 18.2 Å². The van der Waals surface area contributed by atoms with Crippen LogP contribution in [0, 0.1) is 23.0 Å². The zero-order valence-corrected chi connectivity index (χ0v) is 13.4. The third-order valence-electron chi connectivity index (χ3n) is 5.23. The number of hydrogen-bond acceptors (Lipinski definition) is 3. The zero-order valence-electron chi connectivity index (χ0n) is 13.4. The van der Waals surface area contributed by atoms with Gasteiger partial charge in [0.15, 0.2) is 11.6 Å². The molecule has 2 atom stereocenters. The molecule has 134 valence electrons. The van der Waals surface area contributed by atoms with Crippen molar-refractivity contribution in [2.45, 2.75) is 19.3 Å². The Bertz CT molecular complexity index is 739. The molecule has 8 heteroatoms. The van der Waals surface area contributed by atoms with E-state index in [1.54, 1.807) is 0 Å². The molecule has 1 aromatic carbocycles. The lowest BCUT2D eigenvalue weighted by atomic mass is 9.81. The van der Waals surface area contributed by atoms with Gasteiger partial charge in [0, 0.05) is 18.7 Å². The SMILES string of the molecule is O=C(NCC(=O)N1C[C@@H]2CCC[C@@]2(C(=O)O)C1)c1ccc(F)c(F)c1. The minimum absolute atomic E-state index is 0.0594. The molecule has 1 aliphatic carbocycles. The number of likely N-dealkylation sites (tertiary alicyclic amines) is 1. The average Bonchev–Trinajstić information content (AvgIpc) is 3.13. The summed E-state index contributed by atoms with van der Waals surface area (Å²) in [6.45, 7) is 0.194. The van der Waals surface area contributed by atoms with E-state index in [0.717, 1.165) is 31.0 Å². The first kappa shape index (κ1) is 17.3. The summed E-state index contributed by atoms with van der Waals surface area (Å²) in [5, 5.41) is 11.9. The molecule has 0 bridgehead atoms. The van der Waals surface area contributed by atoms with Gasteiger partial charge in [-0.15, -0.1) is 0 Å². The van der Waals surface area contributed by atoms with E-state index in [9.17, 15) is 28.3 Å². The first-order valence-corrected chi connectivity index (χ1v) is 8.08. The number of amides is 2. The third kappa shape index (κ3) is 3.08. The summed E-state index contributed by atoms with van der Waals surface area (Å²) in [5.74, 6) is -4.22. The lowest BCUT2D eigenvalue weighted by molar-refractivity contribution is -0.149. The van der Waals surface area contributed by atoms with Crippen LogP contribution >= 0.6 is 0 Å². The molecule has 0 aromatic heterocycles. The highest BCUT2D eigenvalue weighted by Gasteiger charge is 2.55. The molecular weight excluding hydrogens is 334 g/mol. The second-order valence-corrected chi connectivity index (χ2v) is 6.64. The van der Waals surface area contributed by atoms with E-state index >= 15 is 0 Å². The number of carbonyl (C=O) groups excluding carboxylic acids is 2. The molecular formula is C17H18F2N2O4. The smallest absolute Gasteiger partial charge is 0.311 e. The van der Waals surface area contributed by atoms with Gasteiger partial charge in [0.1, 0.15) is 0 Å². The molecule has 0 unspecified atom stereocenters. The fraction of sp³-hybridized carbons (Fsp3) is 0.471. The van der Waals surface area contributed by atoms with Crippen LogP contribution in [0.1, 0.15) is 29.6 Å². The fourth-order valence-electron chi connectivity index (χ4n) is 3.84. The van der Waals surface area contributed by atoms with Gasteiger partial charge < -0.3 is 15.3 Å². The van der Waals surface area contributed by atoms with E-state index in [2.05, 4.69) is 5.32 Å². The molecule has 1 saturated heterocycles. The number of nitrogens with one attached hydrogen (secondary N) is 1. The number of fused-ring (bicyclic) bond motifs is 1. The van der Waals surface area contributed by atoms with Gasteiger partial charge in [0.2, 0.25) is 5.91 Å². The maximum absolute atomic E-state index is 13.1. The number of aliphatic carboxylic acids is 1. The normalized spacial score (nSPS) is 24.9. The maximum atomic E-state index is 13.1. The van der Waals surface area contributed by atoms with Crippen molar-refractivity contribution in [1.82, 2.24) is 10.2 Å². The molecule has 2 amide bonds. The number of nitrogens with zero attached hydrogens (tertiary/aromatic N) is 1. The first-order chi connectivity index (χ1) is 11.8. The molecule has 0 radical (unpaired) electrons. The number of halogens is 2. The van der Waals surface area contributed by atoms with Crippen LogP contribution in [-0.4, -0.2) is 47.4 Å². The number of carboxylic acid groups (broad SMARTS) is 1. The van der Waals surface area contributed by atoms with Gasteiger partial charge in [0.05, 0.1) is 12.0 Å². The maximum Gasteiger partial charge on any atom is 0.311 e. The van der Waals surface area contributed by atoms with Crippen LogP contribution in [0.4, 0.5) is 8.78 Å². The van der Waals surface area contributed by atoms with Gasteiger partial charge in [-0.1, -0.05) is 6.42 Å². The standard InChI is InChI=1S/C17H18F2N2O4/c18-12-4-3-10(6-13(12)19)15(23)20-7-14(22)21-8-11-2-1-5-17(11,9-21)16(24)25/h3-4,6,11H,1-2,5,7-9H2,(H,20,23)(H,24,25)/t11-,17+/m0/s1. The van der Waals surface area contributed by atoms with Gasteiger partial charge in [-0.3, -0.25) is 14.4 Å². The van der Waals surface area contributed by atoms with Crippen LogP contribution in [-0.2, 0) is 9.59 Å². The van der Waals surface area contributed by atoms with E-state index in [4.69, 9.17) is 0 Å². The van der Waals surface area contributed by atoms with Crippen molar-refractivity contribution in [1.29, 1.82) is 0 Å². The summed E-state index contributed by atoms with van der Waals surface area (Å²) < 4.78 is 26.0. The Balaban J connectivity index is 1.59. The van der Waals surface area contributed by atoms with Crippen LogP contribution in [0.25, 0.3) is 0 Å². The number of carboxylic acids is 1. The molecule has 1 heterocycles. The fourth-order valence-corrected chi connectivity index (χ4v) is 3.84. The number of hydrogen-bond donors (Lipinski definition) is 2. The quantitative estimate of drug-likeness (QED) is 0.858. The molecule has 6 nitrogen and oxygen atoms in total. The van der Waals surface area contributed by atoms with Gasteiger partial charge in [-0.05, 0) is 37.0 Å². The van der Waals surface area contributed by atoms with Gasteiger partial charge in [0.25, 0.3) is 5.91 Å². The van der Waals surface area contributed by atoms with Crippen molar-refractivity contribution in [2.75, 3.05) is 19.6 Å². The summed E-state index contributed by atoms with van der Waals surface area (Å²) in [6.07, 6.45) is 2.17. The lowest BCUT2D eigenvalue weighted by Gasteiger charge is -2.23. The van der Waals surface area contributed by atoms with Gasteiger partial charge in [-0.25, -0.2) is 8.78 Å². The van der Waals surface area contributed by atoms with E-state index < -0.39 is 28.9 Å². The Morgan fingerprint density at radius 1 is 1.28 bits per heavy atom. The lowest BCUT2D eigenvalue weighted by Crippen LogP contribution is -2.41. The van der Waals surface area contributed by atoms with Crippen LogP contribution in [0.5, 0.6) is 0 Å². The highest BCUT2D eigenvalue weighted by molar-refractivity contribution is 5.96. The molecule has 1 aromatic rings. The van der Waals surface area contributed by atoms with Crippen molar-refractivity contribution in [2.24, 2.45) is 11.3 Å². The zero-order chi connectivity index (χ0) is 18.2. The molecule has 2 N–H and O–H groups in total. The molecule has 25 heavy (non-hydrogen) atoms. The Labute approximate surface area is 142 Å². The monoisotopic (exact) mass is 352 g/mol. The van der Waals surface area contributed by atoms with Crippen molar-refractivity contribution in [3.05, 3.63) is 35.4 Å². The highest BCUT2D eigenvalue weighted by atomic mass is 19.2. The van der Waals surface area contributed by atoms with E-state index in [0.29, 0.717) is 13.0 Å². The minimum atomic E-state index is -1.14. The average molecular weight is 352 g/mol. The van der Waals surface area contributed by atoms with Crippen LogP contribution in [0.3, 0.4) is 0 Å². The first-order valence-electron chi connectivity index (χ1n) is 8.08. The van der Waals surface area contributed by atoms with Crippen molar-refractivity contribution in [3.8, 4) is 0 Å². The summed E-state index contributed by atoms with van der Waals surface area (Å²) in [4.78, 5) is 37.3. The minimum Gasteiger partial charge on any atom is -0.481 e. The summed E-state index contributed by atoms with van der Waals surface area (Å²) >= 11 is 0. The van der Waals surface area contributed by atoms with Crippen LogP contribution in [0.2, 0.25) is 0 Å². The summed E-state index contributed by atoms with van der Waals surface area (Å²) in [6, 6.07) is 2.72. The summed E-state index contributed by atoms with van der Waals surface area (Å²) in [5.41, 5.74) is -0.966. The number of benzene rings is 1. The molecule has 1 saturated carbocycles. The number of carbonyl (C=O) groups is 3. The van der Waals surface area contributed by atoms with Gasteiger partial charge in [-0.2, -0.15) is 0 Å². The van der Waals surface area contributed by atoms with Crippen molar-refractivity contribution in [3.63, 3.8) is 0 Å². The van der Waals surface area contributed by atoms with Crippen molar-refractivity contribution >= 4 is 17.8 Å². The van der Waals surface area contributed by atoms with Crippen LogP contribution < -0.4 is 5.32 Å². The third-order valence-corrected chi connectivity index (χ3v) is 5.23.